The predicted molar refractivity (Wildman–Crippen MR) is 81.3 cm³/mol. The minimum Gasteiger partial charge on any atom is -0.376 e. The van der Waals surface area contributed by atoms with E-state index in [1.54, 1.807) is 6.20 Å². The van der Waals surface area contributed by atoms with Crippen LogP contribution in [0.4, 0.5) is 5.82 Å². The summed E-state index contributed by atoms with van der Waals surface area (Å²) in [7, 11) is 0. The maximum atomic E-state index is 11.9. The van der Waals surface area contributed by atoms with Crippen molar-refractivity contribution in [3.05, 3.63) is 18.1 Å². The second kappa shape index (κ2) is 7.93. The first-order chi connectivity index (χ1) is 10.1. The highest BCUT2D eigenvalue weighted by molar-refractivity contribution is 5.91. The van der Waals surface area contributed by atoms with Gasteiger partial charge in [-0.1, -0.05) is 13.8 Å². The molecule has 2 N–H and O–H groups in total. The van der Waals surface area contributed by atoms with Crippen molar-refractivity contribution in [2.24, 2.45) is 5.92 Å². The van der Waals surface area contributed by atoms with Crippen LogP contribution in [-0.2, 0) is 4.74 Å². The molecule has 2 rings (SSSR count). The highest BCUT2D eigenvalue weighted by atomic mass is 16.5. The normalized spacial score (nSPS) is 18.0. The Labute approximate surface area is 125 Å². The fraction of sp³-hybridized carbons (Fsp3) is 0.667. The molecule has 1 aliphatic heterocycles. The van der Waals surface area contributed by atoms with Crippen LogP contribution in [0.25, 0.3) is 0 Å². The van der Waals surface area contributed by atoms with Gasteiger partial charge in [-0.2, -0.15) is 0 Å². The molecule has 0 spiro atoms. The van der Waals surface area contributed by atoms with Crippen LogP contribution in [0, 0.1) is 5.92 Å². The van der Waals surface area contributed by atoms with Crippen LogP contribution >= 0.6 is 0 Å². The topological polar surface area (TPSA) is 76.1 Å². The highest BCUT2D eigenvalue weighted by Crippen LogP contribution is 2.12. The highest BCUT2D eigenvalue weighted by Gasteiger charge is 2.15. The SMILES string of the molecule is CC(C)CCNC(=O)c1cnc(NCC2CCCO2)cn1. The van der Waals surface area contributed by atoms with Crippen molar-refractivity contribution in [3.8, 4) is 0 Å². The summed E-state index contributed by atoms with van der Waals surface area (Å²) < 4.78 is 5.53. The monoisotopic (exact) mass is 292 g/mol. The lowest BCUT2D eigenvalue weighted by atomic mass is 10.1. The van der Waals surface area contributed by atoms with Crippen molar-refractivity contribution in [2.45, 2.75) is 39.2 Å². The van der Waals surface area contributed by atoms with Gasteiger partial charge in [-0.25, -0.2) is 9.97 Å². The third kappa shape index (κ3) is 5.30. The summed E-state index contributed by atoms with van der Waals surface area (Å²) in [5.41, 5.74) is 0.349. The van der Waals surface area contributed by atoms with Gasteiger partial charge in [0, 0.05) is 19.7 Å². The van der Waals surface area contributed by atoms with Gasteiger partial charge < -0.3 is 15.4 Å². The second-order valence-electron chi connectivity index (χ2n) is 5.74. The minimum atomic E-state index is -0.172. The molecule has 116 valence electrons. The molecular weight excluding hydrogens is 268 g/mol. The first-order valence-corrected chi connectivity index (χ1v) is 7.61. The van der Waals surface area contributed by atoms with Crippen molar-refractivity contribution in [1.29, 1.82) is 0 Å². The molecule has 6 heteroatoms. The van der Waals surface area contributed by atoms with Crippen LogP contribution in [0.1, 0.15) is 43.6 Å². The molecule has 1 aliphatic rings. The molecule has 1 amide bonds. The summed E-state index contributed by atoms with van der Waals surface area (Å²) in [6, 6.07) is 0. The fourth-order valence-electron chi connectivity index (χ4n) is 2.13. The number of amides is 1. The van der Waals surface area contributed by atoms with Gasteiger partial charge in [-0.05, 0) is 25.2 Å². The second-order valence-corrected chi connectivity index (χ2v) is 5.74. The van der Waals surface area contributed by atoms with E-state index in [2.05, 4.69) is 34.4 Å². The summed E-state index contributed by atoms with van der Waals surface area (Å²) in [4.78, 5) is 20.2. The average molecular weight is 292 g/mol. The molecule has 0 radical (unpaired) electrons. The van der Waals surface area contributed by atoms with Gasteiger partial charge in [0.2, 0.25) is 0 Å². The van der Waals surface area contributed by atoms with Gasteiger partial charge in [0.05, 0.1) is 18.5 Å². The molecule has 0 aliphatic carbocycles. The molecule has 0 saturated carbocycles. The Kier molecular flexibility index (Phi) is 5.92. The van der Waals surface area contributed by atoms with E-state index in [-0.39, 0.29) is 12.0 Å². The number of carbonyl (C=O) groups excluding carboxylic acids is 1. The molecule has 6 nitrogen and oxygen atoms in total. The summed E-state index contributed by atoms with van der Waals surface area (Å²) in [6.45, 7) is 6.49. The van der Waals surface area contributed by atoms with E-state index >= 15 is 0 Å². The van der Waals surface area contributed by atoms with Crippen LogP contribution in [0.15, 0.2) is 12.4 Å². The Morgan fingerprint density at radius 3 is 2.90 bits per heavy atom. The fourth-order valence-corrected chi connectivity index (χ4v) is 2.13. The number of aromatic nitrogens is 2. The first-order valence-electron chi connectivity index (χ1n) is 7.61. The van der Waals surface area contributed by atoms with E-state index in [1.165, 1.54) is 6.20 Å². The standard InChI is InChI=1S/C15H24N4O2/c1-11(2)5-6-16-15(20)13-9-19-14(10-17-13)18-8-12-4-3-7-21-12/h9-12H,3-8H2,1-2H3,(H,16,20)(H,18,19). The van der Waals surface area contributed by atoms with E-state index in [1.807, 2.05) is 0 Å². The number of hydrogen-bond donors (Lipinski definition) is 2. The summed E-state index contributed by atoms with van der Waals surface area (Å²) in [6.07, 6.45) is 6.50. The van der Waals surface area contributed by atoms with Crippen molar-refractivity contribution in [1.82, 2.24) is 15.3 Å². The lowest BCUT2D eigenvalue weighted by Crippen LogP contribution is -2.26. The van der Waals surface area contributed by atoms with Crippen LogP contribution in [0.3, 0.4) is 0 Å². The molecule has 21 heavy (non-hydrogen) atoms. The number of anilines is 1. The molecule has 1 atom stereocenters. The van der Waals surface area contributed by atoms with Gasteiger partial charge in [-0.15, -0.1) is 0 Å². The zero-order chi connectivity index (χ0) is 15.1. The zero-order valence-corrected chi connectivity index (χ0v) is 12.8. The van der Waals surface area contributed by atoms with E-state index in [4.69, 9.17) is 4.74 Å². The molecular formula is C15H24N4O2. The maximum absolute atomic E-state index is 11.9. The van der Waals surface area contributed by atoms with Gasteiger partial charge in [0.15, 0.2) is 0 Å². The van der Waals surface area contributed by atoms with Crippen molar-refractivity contribution in [2.75, 3.05) is 25.0 Å². The van der Waals surface area contributed by atoms with E-state index in [0.29, 0.717) is 24.0 Å². The summed E-state index contributed by atoms with van der Waals surface area (Å²) >= 11 is 0. The van der Waals surface area contributed by atoms with Crippen LogP contribution in [0.2, 0.25) is 0 Å². The molecule has 2 heterocycles. The zero-order valence-electron chi connectivity index (χ0n) is 12.8. The van der Waals surface area contributed by atoms with E-state index < -0.39 is 0 Å². The number of rotatable bonds is 7. The summed E-state index contributed by atoms with van der Waals surface area (Å²) in [5, 5.41) is 6.03. The van der Waals surface area contributed by atoms with Crippen molar-refractivity contribution >= 4 is 11.7 Å². The largest absolute Gasteiger partial charge is 0.376 e. The lowest BCUT2D eigenvalue weighted by molar-refractivity contribution is 0.0946. The molecule has 0 aromatic carbocycles. The number of carbonyl (C=O) groups is 1. The Morgan fingerprint density at radius 1 is 1.43 bits per heavy atom. The molecule has 0 bridgehead atoms. The lowest BCUT2D eigenvalue weighted by Gasteiger charge is -2.11. The van der Waals surface area contributed by atoms with Gasteiger partial charge in [-0.3, -0.25) is 4.79 Å². The maximum Gasteiger partial charge on any atom is 0.271 e. The number of hydrogen-bond acceptors (Lipinski definition) is 5. The average Bonchev–Trinajstić information content (AvgIpc) is 2.98. The molecule has 1 unspecified atom stereocenters. The third-order valence-corrected chi connectivity index (χ3v) is 3.43. The van der Waals surface area contributed by atoms with Crippen LogP contribution in [0.5, 0.6) is 0 Å². The van der Waals surface area contributed by atoms with E-state index in [0.717, 1.165) is 32.4 Å². The van der Waals surface area contributed by atoms with E-state index in [9.17, 15) is 4.79 Å². The minimum absolute atomic E-state index is 0.172. The van der Waals surface area contributed by atoms with Gasteiger partial charge >= 0.3 is 0 Å². The Morgan fingerprint density at radius 2 is 2.29 bits per heavy atom. The number of ether oxygens (including phenoxy) is 1. The molecule has 1 aromatic heterocycles. The Bertz CT molecular complexity index is 441. The quantitative estimate of drug-likeness (QED) is 0.802. The molecule has 1 fully saturated rings. The molecule has 1 aromatic rings. The Balaban J connectivity index is 1.76. The summed E-state index contributed by atoms with van der Waals surface area (Å²) in [5.74, 6) is 1.07. The number of nitrogens with zero attached hydrogens (tertiary/aromatic N) is 2. The van der Waals surface area contributed by atoms with Crippen molar-refractivity contribution in [3.63, 3.8) is 0 Å². The smallest absolute Gasteiger partial charge is 0.271 e. The predicted octanol–water partition coefficient (Wildman–Crippen LogP) is 1.84. The van der Waals surface area contributed by atoms with Crippen LogP contribution < -0.4 is 10.6 Å². The van der Waals surface area contributed by atoms with Crippen LogP contribution in [-0.4, -0.2) is 41.7 Å². The Hall–Kier alpha value is -1.69. The van der Waals surface area contributed by atoms with Crippen molar-refractivity contribution < 1.29 is 9.53 Å². The number of nitrogens with one attached hydrogen (secondary N) is 2. The first kappa shape index (κ1) is 15.7. The van der Waals surface area contributed by atoms with Gasteiger partial charge in [0.25, 0.3) is 5.91 Å². The third-order valence-electron chi connectivity index (χ3n) is 3.43. The van der Waals surface area contributed by atoms with Gasteiger partial charge in [0.1, 0.15) is 11.5 Å². The molecule has 1 saturated heterocycles.